The van der Waals surface area contributed by atoms with E-state index in [2.05, 4.69) is 31.0 Å². The largest absolute Gasteiger partial charge is 0.478 e. The number of nitrogens with two attached hydrogens (primary N) is 1. The summed E-state index contributed by atoms with van der Waals surface area (Å²) in [5, 5.41) is 12.5. The first-order valence-corrected chi connectivity index (χ1v) is 7.01. The van der Waals surface area contributed by atoms with E-state index in [1.54, 1.807) is 6.07 Å². The van der Waals surface area contributed by atoms with Crippen LogP contribution >= 0.6 is 0 Å². The lowest BCUT2D eigenvalue weighted by molar-refractivity contribution is 0.0698. The molecule has 0 bridgehead atoms. The SMILES string of the molecule is CCN(CC)CC(C)Nc1cc(C)c(N)c(C(=O)O)c1. The van der Waals surface area contributed by atoms with Crippen molar-refractivity contribution < 1.29 is 9.90 Å². The second-order valence-electron chi connectivity index (χ2n) is 5.09. The number of carboxylic acid groups (broad SMARTS) is 1. The van der Waals surface area contributed by atoms with Crippen molar-refractivity contribution in [3.63, 3.8) is 0 Å². The molecular weight excluding hydrogens is 254 g/mol. The van der Waals surface area contributed by atoms with Crippen molar-refractivity contribution >= 4 is 17.3 Å². The van der Waals surface area contributed by atoms with Crippen molar-refractivity contribution in [1.29, 1.82) is 0 Å². The van der Waals surface area contributed by atoms with Gasteiger partial charge >= 0.3 is 5.97 Å². The number of anilines is 2. The number of nitrogens with one attached hydrogen (secondary N) is 1. The van der Waals surface area contributed by atoms with Gasteiger partial charge in [0.1, 0.15) is 0 Å². The number of hydrogen-bond donors (Lipinski definition) is 3. The van der Waals surface area contributed by atoms with Gasteiger partial charge in [-0.3, -0.25) is 0 Å². The first-order valence-electron chi connectivity index (χ1n) is 7.01. The normalized spacial score (nSPS) is 12.4. The smallest absolute Gasteiger partial charge is 0.337 e. The van der Waals surface area contributed by atoms with Crippen LogP contribution in [0.3, 0.4) is 0 Å². The molecule has 112 valence electrons. The van der Waals surface area contributed by atoms with Crippen LogP contribution in [0.4, 0.5) is 11.4 Å². The minimum absolute atomic E-state index is 0.155. The molecule has 0 aliphatic carbocycles. The van der Waals surface area contributed by atoms with Crippen LogP contribution in [0, 0.1) is 6.92 Å². The molecule has 1 atom stereocenters. The van der Waals surface area contributed by atoms with Crippen LogP contribution in [0.25, 0.3) is 0 Å². The summed E-state index contributed by atoms with van der Waals surface area (Å²) in [6.45, 7) is 11.1. The van der Waals surface area contributed by atoms with E-state index in [0.717, 1.165) is 30.9 Å². The number of rotatable bonds is 7. The second-order valence-corrected chi connectivity index (χ2v) is 5.09. The van der Waals surface area contributed by atoms with Crippen LogP contribution in [-0.4, -0.2) is 41.7 Å². The van der Waals surface area contributed by atoms with Crippen LogP contribution in [0.1, 0.15) is 36.7 Å². The lowest BCUT2D eigenvalue weighted by Gasteiger charge is -2.24. The standard InChI is InChI=1S/C15H25N3O2/c1-5-18(6-2)9-11(4)17-12-7-10(3)14(16)13(8-12)15(19)20/h7-8,11,17H,5-6,9,16H2,1-4H3,(H,19,20). The summed E-state index contributed by atoms with van der Waals surface area (Å²) in [6, 6.07) is 3.73. The van der Waals surface area contributed by atoms with Crippen molar-refractivity contribution in [2.24, 2.45) is 0 Å². The zero-order valence-electron chi connectivity index (χ0n) is 12.7. The van der Waals surface area contributed by atoms with Gasteiger partial charge in [0.15, 0.2) is 0 Å². The van der Waals surface area contributed by atoms with Crippen LogP contribution in [0.5, 0.6) is 0 Å². The molecule has 1 rings (SSSR count). The van der Waals surface area contributed by atoms with E-state index < -0.39 is 5.97 Å². The third kappa shape index (κ3) is 4.13. The summed E-state index contributed by atoms with van der Waals surface area (Å²) in [4.78, 5) is 13.5. The number of aryl methyl sites for hydroxylation is 1. The van der Waals surface area contributed by atoms with Gasteiger partial charge in [-0.15, -0.1) is 0 Å². The number of carboxylic acids is 1. The molecule has 0 heterocycles. The van der Waals surface area contributed by atoms with E-state index in [1.807, 2.05) is 13.0 Å². The predicted molar refractivity (Wildman–Crippen MR) is 83.4 cm³/mol. The average Bonchev–Trinajstić information content (AvgIpc) is 2.39. The highest BCUT2D eigenvalue weighted by atomic mass is 16.4. The third-order valence-corrected chi connectivity index (χ3v) is 3.46. The number of carbonyl (C=O) groups is 1. The van der Waals surface area contributed by atoms with Crippen LogP contribution in [-0.2, 0) is 0 Å². The fourth-order valence-electron chi connectivity index (χ4n) is 2.26. The van der Waals surface area contributed by atoms with Gasteiger partial charge in [-0.1, -0.05) is 13.8 Å². The first kappa shape index (κ1) is 16.3. The van der Waals surface area contributed by atoms with Crippen LogP contribution in [0.15, 0.2) is 12.1 Å². The molecule has 4 N–H and O–H groups in total. The van der Waals surface area contributed by atoms with Gasteiger partial charge in [-0.2, -0.15) is 0 Å². The van der Waals surface area contributed by atoms with Gasteiger partial charge in [0.05, 0.1) is 5.56 Å². The molecule has 1 unspecified atom stereocenters. The minimum atomic E-state index is -0.995. The Morgan fingerprint density at radius 2 is 2.00 bits per heavy atom. The molecular formula is C15H25N3O2. The summed E-state index contributed by atoms with van der Waals surface area (Å²) in [5.74, 6) is -0.995. The zero-order valence-corrected chi connectivity index (χ0v) is 12.7. The zero-order chi connectivity index (χ0) is 15.3. The summed E-state index contributed by atoms with van der Waals surface area (Å²) in [7, 11) is 0. The lowest BCUT2D eigenvalue weighted by Crippen LogP contribution is -2.34. The molecule has 0 radical (unpaired) electrons. The maximum atomic E-state index is 11.2. The van der Waals surface area contributed by atoms with Gasteiger partial charge in [-0.05, 0) is 44.6 Å². The summed E-state index contributed by atoms with van der Waals surface area (Å²) >= 11 is 0. The topological polar surface area (TPSA) is 78.6 Å². The van der Waals surface area contributed by atoms with Crippen LogP contribution < -0.4 is 11.1 Å². The number of likely N-dealkylation sites (N-methyl/N-ethyl adjacent to an activating group) is 1. The minimum Gasteiger partial charge on any atom is -0.478 e. The Morgan fingerprint density at radius 1 is 1.40 bits per heavy atom. The highest BCUT2D eigenvalue weighted by molar-refractivity contribution is 5.95. The van der Waals surface area contributed by atoms with Crippen molar-refractivity contribution in [3.8, 4) is 0 Å². The summed E-state index contributed by atoms with van der Waals surface area (Å²) in [6.07, 6.45) is 0. The Kier molecular flexibility index (Phi) is 5.82. The number of hydrogen-bond acceptors (Lipinski definition) is 4. The molecule has 0 aliphatic heterocycles. The first-order chi connectivity index (χ1) is 9.38. The molecule has 20 heavy (non-hydrogen) atoms. The molecule has 0 aliphatic rings. The number of nitrogens with zero attached hydrogens (tertiary/aromatic N) is 1. The van der Waals surface area contributed by atoms with E-state index >= 15 is 0 Å². The van der Waals surface area contributed by atoms with Gasteiger partial charge in [-0.25, -0.2) is 4.79 Å². The third-order valence-electron chi connectivity index (χ3n) is 3.46. The van der Waals surface area contributed by atoms with Gasteiger partial charge in [0.2, 0.25) is 0 Å². The van der Waals surface area contributed by atoms with E-state index in [1.165, 1.54) is 0 Å². The van der Waals surface area contributed by atoms with Gasteiger partial charge in [0.25, 0.3) is 0 Å². The van der Waals surface area contributed by atoms with Crippen LogP contribution in [0.2, 0.25) is 0 Å². The van der Waals surface area contributed by atoms with Gasteiger partial charge < -0.3 is 21.1 Å². The maximum absolute atomic E-state index is 11.2. The molecule has 5 heteroatoms. The van der Waals surface area contributed by atoms with E-state index in [0.29, 0.717) is 5.69 Å². The summed E-state index contributed by atoms with van der Waals surface area (Å²) in [5.41, 5.74) is 7.86. The van der Waals surface area contributed by atoms with E-state index in [9.17, 15) is 4.79 Å². The summed E-state index contributed by atoms with van der Waals surface area (Å²) < 4.78 is 0. The molecule has 0 aromatic heterocycles. The average molecular weight is 279 g/mol. The second kappa shape index (κ2) is 7.14. The molecule has 0 saturated heterocycles. The Bertz CT molecular complexity index is 470. The number of aromatic carboxylic acids is 1. The lowest BCUT2D eigenvalue weighted by atomic mass is 10.1. The Labute approximate surface area is 120 Å². The fraction of sp³-hybridized carbons (Fsp3) is 0.533. The molecule has 0 spiro atoms. The molecule has 0 saturated carbocycles. The molecule has 5 nitrogen and oxygen atoms in total. The highest BCUT2D eigenvalue weighted by Gasteiger charge is 2.13. The van der Waals surface area contributed by atoms with Crippen molar-refractivity contribution in [1.82, 2.24) is 4.90 Å². The predicted octanol–water partition coefficient (Wildman–Crippen LogP) is 2.42. The van der Waals surface area contributed by atoms with E-state index in [4.69, 9.17) is 10.8 Å². The maximum Gasteiger partial charge on any atom is 0.337 e. The monoisotopic (exact) mass is 279 g/mol. The number of benzene rings is 1. The molecule has 0 fully saturated rings. The van der Waals surface area contributed by atoms with Crippen molar-refractivity contribution in [2.75, 3.05) is 30.7 Å². The Balaban J connectivity index is 2.85. The molecule has 0 amide bonds. The molecule has 1 aromatic carbocycles. The van der Waals surface area contributed by atoms with Crippen molar-refractivity contribution in [2.45, 2.75) is 33.7 Å². The quantitative estimate of drug-likeness (QED) is 0.668. The molecule has 1 aromatic rings. The highest BCUT2D eigenvalue weighted by Crippen LogP contribution is 2.23. The Hall–Kier alpha value is -1.75. The number of nitrogen functional groups attached to an aromatic ring is 1. The van der Waals surface area contributed by atoms with Gasteiger partial charge in [0, 0.05) is 24.0 Å². The Morgan fingerprint density at radius 3 is 2.50 bits per heavy atom. The van der Waals surface area contributed by atoms with Crippen molar-refractivity contribution in [3.05, 3.63) is 23.3 Å². The fourth-order valence-corrected chi connectivity index (χ4v) is 2.26. The van der Waals surface area contributed by atoms with E-state index in [-0.39, 0.29) is 11.6 Å².